The van der Waals surface area contributed by atoms with Crippen molar-refractivity contribution in [2.24, 2.45) is 11.8 Å². The summed E-state index contributed by atoms with van der Waals surface area (Å²) in [5.41, 5.74) is 1.38. The predicted octanol–water partition coefficient (Wildman–Crippen LogP) is 2.89. The summed E-state index contributed by atoms with van der Waals surface area (Å²) in [5, 5.41) is 9.05. The van der Waals surface area contributed by atoms with E-state index in [4.69, 9.17) is 5.11 Å². The van der Waals surface area contributed by atoms with Gasteiger partial charge < -0.3 is 10.0 Å². The van der Waals surface area contributed by atoms with Crippen LogP contribution in [0.1, 0.15) is 43.6 Å². The Bertz CT molecular complexity index is 535. The SMILES string of the molecule is O=C(O)[C@H]1CCN(C(=O)C2CCC(c3ccccc3)CC2)C1. The molecule has 4 heteroatoms. The number of aliphatic carboxylic acids is 1. The van der Waals surface area contributed by atoms with E-state index in [-0.39, 0.29) is 17.7 Å². The molecule has 22 heavy (non-hydrogen) atoms. The second-order valence-corrected chi connectivity index (χ2v) is 6.57. The summed E-state index contributed by atoms with van der Waals surface area (Å²) in [6.45, 7) is 1.00. The molecule has 0 radical (unpaired) electrons. The van der Waals surface area contributed by atoms with Crippen LogP contribution in [0, 0.1) is 11.8 Å². The molecule has 1 aromatic carbocycles. The Balaban J connectivity index is 1.53. The maximum absolute atomic E-state index is 12.5. The van der Waals surface area contributed by atoms with Crippen LogP contribution in [-0.4, -0.2) is 35.0 Å². The Morgan fingerprint density at radius 1 is 0.955 bits per heavy atom. The summed E-state index contributed by atoms with van der Waals surface area (Å²) in [5.74, 6) is -0.314. The van der Waals surface area contributed by atoms with Gasteiger partial charge in [-0.3, -0.25) is 9.59 Å². The van der Waals surface area contributed by atoms with Gasteiger partial charge in [-0.1, -0.05) is 30.3 Å². The van der Waals surface area contributed by atoms with Crippen molar-refractivity contribution in [3.63, 3.8) is 0 Å². The second kappa shape index (κ2) is 6.51. The van der Waals surface area contributed by atoms with Crippen molar-refractivity contribution in [3.05, 3.63) is 35.9 Å². The van der Waals surface area contributed by atoms with Crippen LogP contribution >= 0.6 is 0 Å². The van der Waals surface area contributed by atoms with E-state index in [9.17, 15) is 9.59 Å². The summed E-state index contributed by atoms with van der Waals surface area (Å²) in [6, 6.07) is 10.5. The van der Waals surface area contributed by atoms with Gasteiger partial charge >= 0.3 is 5.97 Å². The number of hydrogen-bond acceptors (Lipinski definition) is 2. The van der Waals surface area contributed by atoms with Crippen LogP contribution in [0.2, 0.25) is 0 Å². The van der Waals surface area contributed by atoms with Crippen LogP contribution in [0.25, 0.3) is 0 Å². The molecule has 0 aromatic heterocycles. The van der Waals surface area contributed by atoms with Crippen molar-refractivity contribution < 1.29 is 14.7 Å². The average molecular weight is 301 g/mol. The zero-order chi connectivity index (χ0) is 15.5. The molecule has 2 aliphatic rings. The predicted molar refractivity (Wildman–Crippen MR) is 83.5 cm³/mol. The van der Waals surface area contributed by atoms with Crippen LogP contribution in [0.5, 0.6) is 0 Å². The maximum atomic E-state index is 12.5. The van der Waals surface area contributed by atoms with E-state index >= 15 is 0 Å². The molecule has 1 aliphatic heterocycles. The zero-order valence-electron chi connectivity index (χ0n) is 12.8. The molecule has 1 amide bonds. The molecule has 1 aliphatic carbocycles. The molecule has 3 rings (SSSR count). The molecule has 118 valence electrons. The Morgan fingerprint density at radius 2 is 1.64 bits per heavy atom. The monoisotopic (exact) mass is 301 g/mol. The highest BCUT2D eigenvalue weighted by atomic mass is 16.4. The van der Waals surface area contributed by atoms with Gasteiger partial charge in [-0.2, -0.15) is 0 Å². The molecule has 4 nitrogen and oxygen atoms in total. The van der Waals surface area contributed by atoms with Crippen LogP contribution in [-0.2, 0) is 9.59 Å². The number of likely N-dealkylation sites (tertiary alicyclic amines) is 1. The van der Waals surface area contributed by atoms with Gasteiger partial charge in [0.25, 0.3) is 0 Å². The summed E-state index contributed by atoms with van der Waals surface area (Å²) in [6.07, 6.45) is 4.55. The van der Waals surface area contributed by atoms with Crippen molar-refractivity contribution in [3.8, 4) is 0 Å². The van der Waals surface area contributed by atoms with Gasteiger partial charge in [0.1, 0.15) is 0 Å². The number of amides is 1. The number of nitrogens with zero attached hydrogens (tertiary/aromatic N) is 1. The third-order valence-corrected chi connectivity index (χ3v) is 5.20. The number of benzene rings is 1. The van der Waals surface area contributed by atoms with Gasteiger partial charge in [0.05, 0.1) is 5.92 Å². The molecule has 1 aromatic rings. The minimum Gasteiger partial charge on any atom is -0.481 e. The lowest BCUT2D eigenvalue weighted by molar-refractivity contribution is -0.141. The Hall–Kier alpha value is -1.84. The largest absolute Gasteiger partial charge is 0.481 e. The number of hydrogen-bond donors (Lipinski definition) is 1. The number of rotatable bonds is 3. The zero-order valence-corrected chi connectivity index (χ0v) is 12.8. The molecular weight excluding hydrogens is 278 g/mol. The Kier molecular flexibility index (Phi) is 4.46. The normalized spacial score (nSPS) is 28.5. The lowest BCUT2D eigenvalue weighted by atomic mass is 9.78. The van der Waals surface area contributed by atoms with Gasteiger partial charge in [0.15, 0.2) is 0 Å². The van der Waals surface area contributed by atoms with Crippen molar-refractivity contribution in [2.75, 3.05) is 13.1 Å². The van der Waals surface area contributed by atoms with Crippen LogP contribution in [0.15, 0.2) is 30.3 Å². The van der Waals surface area contributed by atoms with Crippen LogP contribution in [0.4, 0.5) is 0 Å². The summed E-state index contributed by atoms with van der Waals surface area (Å²) < 4.78 is 0. The van der Waals surface area contributed by atoms with Crippen molar-refractivity contribution >= 4 is 11.9 Å². The van der Waals surface area contributed by atoms with E-state index in [1.165, 1.54) is 5.56 Å². The van der Waals surface area contributed by atoms with Gasteiger partial charge in [-0.15, -0.1) is 0 Å². The van der Waals surface area contributed by atoms with Crippen molar-refractivity contribution in [2.45, 2.75) is 38.0 Å². The number of carbonyl (C=O) groups is 2. The highest BCUT2D eigenvalue weighted by Gasteiger charge is 2.35. The number of carboxylic acids is 1. The minimum atomic E-state index is -0.775. The first kappa shape index (κ1) is 15.1. The smallest absolute Gasteiger partial charge is 0.308 e. The summed E-state index contributed by atoms with van der Waals surface area (Å²) in [4.78, 5) is 25.3. The standard InChI is InChI=1S/C18H23NO3/c20-17(19-11-10-16(12-19)18(21)22)15-8-6-14(7-9-15)13-4-2-1-3-5-13/h1-5,14-16H,6-12H2,(H,21,22)/t14?,15?,16-/m0/s1. The van der Waals surface area contributed by atoms with E-state index in [0.717, 1.165) is 25.7 Å². The molecular formula is C18H23NO3. The minimum absolute atomic E-state index is 0.0903. The fraction of sp³-hybridized carbons (Fsp3) is 0.556. The molecule has 1 heterocycles. The van der Waals surface area contributed by atoms with E-state index in [1.807, 2.05) is 6.07 Å². The van der Waals surface area contributed by atoms with Gasteiger partial charge in [-0.05, 0) is 43.6 Å². The fourth-order valence-electron chi connectivity index (χ4n) is 3.82. The van der Waals surface area contributed by atoms with E-state index < -0.39 is 5.97 Å². The molecule has 1 N–H and O–H groups in total. The lowest BCUT2D eigenvalue weighted by Crippen LogP contribution is -2.36. The maximum Gasteiger partial charge on any atom is 0.308 e. The lowest BCUT2D eigenvalue weighted by Gasteiger charge is -2.30. The second-order valence-electron chi connectivity index (χ2n) is 6.57. The topological polar surface area (TPSA) is 57.6 Å². The highest BCUT2D eigenvalue weighted by molar-refractivity contribution is 5.80. The molecule has 1 saturated carbocycles. The average Bonchev–Trinajstić information content (AvgIpc) is 3.05. The van der Waals surface area contributed by atoms with Crippen LogP contribution < -0.4 is 0 Å². The van der Waals surface area contributed by atoms with Crippen molar-refractivity contribution in [1.82, 2.24) is 4.90 Å². The molecule has 0 bridgehead atoms. The number of carbonyl (C=O) groups excluding carboxylic acids is 1. The fourth-order valence-corrected chi connectivity index (χ4v) is 3.82. The quantitative estimate of drug-likeness (QED) is 0.934. The van der Waals surface area contributed by atoms with Gasteiger partial charge in [0.2, 0.25) is 5.91 Å². The van der Waals surface area contributed by atoms with Gasteiger partial charge in [-0.25, -0.2) is 0 Å². The van der Waals surface area contributed by atoms with Gasteiger partial charge in [0, 0.05) is 19.0 Å². The van der Waals surface area contributed by atoms with E-state index in [1.54, 1.807) is 4.90 Å². The van der Waals surface area contributed by atoms with E-state index in [0.29, 0.717) is 25.4 Å². The Labute approximate surface area is 131 Å². The Morgan fingerprint density at radius 3 is 2.23 bits per heavy atom. The molecule has 0 spiro atoms. The molecule has 1 saturated heterocycles. The first-order valence-electron chi connectivity index (χ1n) is 8.21. The molecule has 1 atom stereocenters. The third-order valence-electron chi connectivity index (χ3n) is 5.20. The first-order valence-corrected chi connectivity index (χ1v) is 8.21. The summed E-state index contributed by atoms with van der Waals surface area (Å²) >= 11 is 0. The highest BCUT2D eigenvalue weighted by Crippen LogP contribution is 2.37. The van der Waals surface area contributed by atoms with Crippen molar-refractivity contribution in [1.29, 1.82) is 0 Å². The third kappa shape index (κ3) is 3.16. The summed E-state index contributed by atoms with van der Waals surface area (Å²) in [7, 11) is 0. The molecule has 0 unspecified atom stereocenters. The van der Waals surface area contributed by atoms with Crippen LogP contribution in [0.3, 0.4) is 0 Å². The first-order chi connectivity index (χ1) is 10.6. The van der Waals surface area contributed by atoms with E-state index in [2.05, 4.69) is 24.3 Å². The number of carboxylic acid groups (broad SMARTS) is 1. The molecule has 2 fully saturated rings.